The second kappa shape index (κ2) is 5.16. The van der Waals surface area contributed by atoms with E-state index in [2.05, 4.69) is 44.5 Å². The standard InChI is InChI=1S/C9H20N2/c1-6-11(7-2)9(5)10-8(3)4/h8H,6-7H2,1-5H3. The van der Waals surface area contributed by atoms with Crippen LogP contribution in [0, 0.1) is 0 Å². The SMILES string of the molecule is CCN(CC)C(C)=NC(C)C. The van der Waals surface area contributed by atoms with E-state index in [0.717, 1.165) is 18.9 Å². The van der Waals surface area contributed by atoms with E-state index in [-0.39, 0.29) is 0 Å². The van der Waals surface area contributed by atoms with Crippen molar-refractivity contribution in [1.82, 2.24) is 4.90 Å². The molecule has 0 amide bonds. The summed E-state index contributed by atoms with van der Waals surface area (Å²) in [6.45, 7) is 12.7. The van der Waals surface area contributed by atoms with Gasteiger partial charge in [0.25, 0.3) is 0 Å². The van der Waals surface area contributed by atoms with E-state index in [1.165, 1.54) is 0 Å². The van der Waals surface area contributed by atoms with Crippen molar-refractivity contribution in [2.75, 3.05) is 13.1 Å². The molecule has 0 aromatic heterocycles. The number of nitrogens with zero attached hydrogens (tertiary/aromatic N) is 2. The topological polar surface area (TPSA) is 15.6 Å². The average molecular weight is 156 g/mol. The fourth-order valence-corrected chi connectivity index (χ4v) is 1.14. The Labute approximate surface area is 70.3 Å². The molecule has 0 rings (SSSR count). The Morgan fingerprint density at radius 1 is 1.27 bits per heavy atom. The molecule has 66 valence electrons. The Balaban J connectivity index is 4.07. The first-order valence-electron chi connectivity index (χ1n) is 4.41. The highest BCUT2D eigenvalue weighted by Crippen LogP contribution is 1.94. The first-order valence-corrected chi connectivity index (χ1v) is 4.41. The Morgan fingerprint density at radius 3 is 2.00 bits per heavy atom. The molecule has 0 unspecified atom stereocenters. The fourth-order valence-electron chi connectivity index (χ4n) is 1.14. The van der Waals surface area contributed by atoms with Crippen LogP contribution >= 0.6 is 0 Å². The summed E-state index contributed by atoms with van der Waals surface area (Å²) in [5.74, 6) is 1.16. The molecule has 0 aliphatic heterocycles. The molecule has 11 heavy (non-hydrogen) atoms. The van der Waals surface area contributed by atoms with Gasteiger partial charge in [0, 0.05) is 19.1 Å². The van der Waals surface area contributed by atoms with Crippen molar-refractivity contribution in [3.8, 4) is 0 Å². The summed E-state index contributed by atoms with van der Waals surface area (Å²) in [7, 11) is 0. The van der Waals surface area contributed by atoms with Crippen LogP contribution in [0.25, 0.3) is 0 Å². The summed E-state index contributed by atoms with van der Waals surface area (Å²) in [6, 6.07) is 0.413. The molecular formula is C9H20N2. The molecule has 0 spiro atoms. The maximum absolute atomic E-state index is 4.46. The zero-order valence-electron chi connectivity index (χ0n) is 8.39. The third kappa shape index (κ3) is 4.02. The summed E-state index contributed by atoms with van der Waals surface area (Å²) in [4.78, 5) is 6.73. The van der Waals surface area contributed by atoms with Crippen LogP contribution in [0.1, 0.15) is 34.6 Å². The maximum atomic E-state index is 4.46. The van der Waals surface area contributed by atoms with E-state index in [4.69, 9.17) is 0 Å². The molecule has 0 bridgehead atoms. The van der Waals surface area contributed by atoms with Crippen LogP contribution in [0.4, 0.5) is 0 Å². The molecule has 0 aromatic carbocycles. The summed E-state index contributed by atoms with van der Waals surface area (Å²) in [6.07, 6.45) is 0. The first kappa shape index (κ1) is 10.5. The lowest BCUT2D eigenvalue weighted by molar-refractivity contribution is 0.458. The highest BCUT2D eigenvalue weighted by molar-refractivity contribution is 5.79. The Kier molecular flexibility index (Phi) is 4.92. The van der Waals surface area contributed by atoms with Gasteiger partial charge in [0.1, 0.15) is 0 Å². The van der Waals surface area contributed by atoms with Gasteiger partial charge in [-0.2, -0.15) is 0 Å². The van der Waals surface area contributed by atoms with Crippen LogP contribution in [-0.2, 0) is 0 Å². The number of rotatable bonds is 3. The van der Waals surface area contributed by atoms with Gasteiger partial charge in [0.2, 0.25) is 0 Å². The molecule has 0 radical (unpaired) electrons. The molecule has 2 heteroatoms. The first-order chi connectivity index (χ1) is 5.11. The van der Waals surface area contributed by atoms with Crippen molar-refractivity contribution >= 4 is 5.84 Å². The molecular weight excluding hydrogens is 136 g/mol. The van der Waals surface area contributed by atoms with Gasteiger partial charge in [0.15, 0.2) is 0 Å². The molecule has 0 saturated carbocycles. The van der Waals surface area contributed by atoms with Gasteiger partial charge in [-0.25, -0.2) is 0 Å². The van der Waals surface area contributed by atoms with Crippen LogP contribution in [0.15, 0.2) is 4.99 Å². The molecule has 0 aliphatic carbocycles. The minimum Gasteiger partial charge on any atom is -0.361 e. The smallest absolute Gasteiger partial charge is 0.0960 e. The highest BCUT2D eigenvalue weighted by Gasteiger charge is 2.00. The van der Waals surface area contributed by atoms with Crippen LogP contribution in [0.5, 0.6) is 0 Å². The van der Waals surface area contributed by atoms with Crippen LogP contribution < -0.4 is 0 Å². The third-order valence-corrected chi connectivity index (χ3v) is 1.67. The average Bonchev–Trinajstić information content (AvgIpc) is 1.88. The molecule has 0 heterocycles. The maximum Gasteiger partial charge on any atom is 0.0960 e. The van der Waals surface area contributed by atoms with Crippen molar-refractivity contribution < 1.29 is 0 Å². The van der Waals surface area contributed by atoms with E-state index in [1.807, 2.05) is 0 Å². The summed E-state index contributed by atoms with van der Waals surface area (Å²) in [5.41, 5.74) is 0. The van der Waals surface area contributed by atoms with Crippen molar-refractivity contribution in [2.45, 2.75) is 40.7 Å². The molecule has 0 saturated heterocycles. The van der Waals surface area contributed by atoms with Gasteiger partial charge in [-0.15, -0.1) is 0 Å². The van der Waals surface area contributed by atoms with Gasteiger partial charge < -0.3 is 4.90 Å². The number of hydrogen-bond donors (Lipinski definition) is 0. The van der Waals surface area contributed by atoms with E-state index >= 15 is 0 Å². The lowest BCUT2D eigenvalue weighted by Gasteiger charge is -2.20. The summed E-state index contributed by atoms with van der Waals surface area (Å²) < 4.78 is 0. The van der Waals surface area contributed by atoms with Gasteiger partial charge in [-0.1, -0.05) is 0 Å². The summed E-state index contributed by atoms with van der Waals surface area (Å²) in [5, 5.41) is 0. The fraction of sp³-hybridized carbons (Fsp3) is 0.889. The summed E-state index contributed by atoms with van der Waals surface area (Å²) >= 11 is 0. The minimum atomic E-state index is 0.413. The van der Waals surface area contributed by atoms with Crippen molar-refractivity contribution in [1.29, 1.82) is 0 Å². The Morgan fingerprint density at radius 2 is 1.73 bits per heavy atom. The van der Waals surface area contributed by atoms with Gasteiger partial charge in [0.05, 0.1) is 5.84 Å². The number of hydrogen-bond acceptors (Lipinski definition) is 1. The normalized spacial score (nSPS) is 12.4. The van der Waals surface area contributed by atoms with Gasteiger partial charge in [-0.3, -0.25) is 4.99 Å². The Bertz CT molecular complexity index is 124. The quantitative estimate of drug-likeness (QED) is 0.451. The van der Waals surface area contributed by atoms with Crippen LogP contribution in [0.2, 0.25) is 0 Å². The molecule has 0 aliphatic rings. The molecule has 0 aromatic rings. The predicted molar refractivity (Wildman–Crippen MR) is 51.2 cm³/mol. The predicted octanol–water partition coefficient (Wildman–Crippen LogP) is 2.16. The lowest BCUT2D eigenvalue weighted by Crippen LogP contribution is -2.28. The Hall–Kier alpha value is -0.530. The molecule has 0 fully saturated rings. The van der Waals surface area contributed by atoms with E-state index < -0.39 is 0 Å². The van der Waals surface area contributed by atoms with Crippen LogP contribution in [-0.4, -0.2) is 29.9 Å². The monoisotopic (exact) mass is 156 g/mol. The largest absolute Gasteiger partial charge is 0.361 e. The number of amidine groups is 1. The number of aliphatic imine (C=N–C) groups is 1. The second-order valence-corrected chi connectivity index (χ2v) is 2.94. The zero-order chi connectivity index (χ0) is 8.85. The molecule has 0 N–H and O–H groups in total. The third-order valence-electron chi connectivity index (χ3n) is 1.67. The van der Waals surface area contributed by atoms with Crippen molar-refractivity contribution in [3.63, 3.8) is 0 Å². The van der Waals surface area contributed by atoms with E-state index in [1.54, 1.807) is 0 Å². The van der Waals surface area contributed by atoms with Gasteiger partial charge in [-0.05, 0) is 34.6 Å². The van der Waals surface area contributed by atoms with E-state index in [9.17, 15) is 0 Å². The highest BCUT2D eigenvalue weighted by atomic mass is 15.2. The molecule has 2 nitrogen and oxygen atoms in total. The van der Waals surface area contributed by atoms with Crippen molar-refractivity contribution in [3.05, 3.63) is 0 Å². The molecule has 0 atom stereocenters. The second-order valence-electron chi connectivity index (χ2n) is 2.94. The van der Waals surface area contributed by atoms with E-state index in [0.29, 0.717) is 6.04 Å². The minimum absolute atomic E-state index is 0.413. The zero-order valence-corrected chi connectivity index (χ0v) is 8.39. The van der Waals surface area contributed by atoms with Gasteiger partial charge >= 0.3 is 0 Å². The van der Waals surface area contributed by atoms with Crippen molar-refractivity contribution in [2.24, 2.45) is 4.99 Å². The lowest BCUT2D eigenvalue weighted by atomic mass is 10.4. The van der Waals surface area contributed by atoms with Crippen LogP contribution in [0.3, 0.4) is 0 Å².